The molecule has 0 bridgehead atoms. The average Bonchev–Trinajstić information content (AvgIpc) is 3.07. The van der Waals surface area contributed by atoms with Gasteiger partial charge in [0.05, 0.1) is 5.92 Å². The smallest absolute Gasteiger partial charge is 0.252 e. The largest absolute Gasteiger partial charge is 0.340 e. The Bertz CT molecular complexity index is 639. The van der Waals surface area contributed by atoms with Crippen LogP contribution in [0.15, 0.2) is 21.7 Å². The molecule has 0 aliphatic carbocycles. The SMILES string of the molecule is CC(C)CN(C(=O)C1CCCN(S(=O)(=O)c2cccs2)C1)C(C)C. The number of sulfonamides is 1. The van der Waals surface area contributed by atoms with Crippen molar-refractivity contribution in [3.8, 4) is 0 Å². The highest BCUT2D eigenvalue weighted by Gasteiger charge is 2.36. The van der Waals surface area contributed by atoms with E-state index in [4.69, 9.17) is 0 Å². The summed E-state index contributed by atoms with van der Waals surface area (Å²) in [5, 5.41) is 1.77. The minimum atomic E-state index is -3.47. The fourth-order valence-electron chi connectivity index (χ4n) is 3.08. The van der Waals surface area contributed by atoms with E-state index in [1.54, 1.807) is 17.5 Å². The number of hydrogen-bond donors (Lipinski definition) is 0. The van der Waals surface area contributed by atoms with Crippen molar-refractivity contribution >= 4 is 27.3 Å². The molecular formula is C17H28N2O3S2. The maximum Gasteiger partial charge on any atom is 0.252 e. The van der Waals surface area contributed by atoms with Crippen LogP contribution in [-0.4, -0.2) is 49.2 Å². The third kappa shape index (κ3) is 4.37. The van der Waals surface area contributed by atoms with Crippen LogP contribution in [0, 0.1) is 11.8 Å². The summed E-state index contributed by atoms with van der Waals surface area (Å²) in [4.78, 5) is 14.8. The van der Waals surface area contributed by atoms with Gasteiger partial charge in [0, 0.05) is 25.7 Å². The van der Waals surface area contributed by atoms with Gasteiger partial charge in [-0.15, -0.1) is 11.3 Å². The molecule has 24 heavy (non-hydrogen) atoms. The van der Waals surface area contributed by atoms with Crippen molar-refractivity contribution in [1.29, 1.82) is 0 Å². The number of thiophene rings is 1. The Hall–Kier alpha value is -0.920. The van der Waals surface area contributed by atoms with E-state index in [0.29, 0.717) is 29.8 Å². The first kappa shape index (κ1) is 19.4. The van der Waals surface area contributed by atoms with Crippen molar-refractivity contribution in [2.75, 3.05) is 19.6 Å². The van der Waals surface area contributed by atoms with Crippen molar-refractivity contribution in [1.82, 2.24) is 9.21 Å². The van der Waals surface area contributed by atoms with Gasteiger partial charge in [-0.25, -0.2) is 8.42 Å². The standard InChI is InChI=1S/C17H28N2O3S2/c1-13(2)11-19(14(3)4)17(20)15-7-5-9-18(12-15)24(21,22)16-8-6-10-23-16/h6,8,10,13-15H,5,7,9,11-12H2,1-4H3. The molecule has 1 unspecified atom stereocenters. The van der Waals surface area contributed by atoms with E-state index in [2.05, 4.69) is 13.8 Å². The van der Waals surface area contributed by atoms with Crippen LogP contribution in [0.2, 0.25) is 0 Å². The van der Waals surface area contributed by atoms with Gasteiger partial charge < -0.3 is 4.90 Å². The predicted octanol–water partition coefficient (Wildman–Crippen LogP) is 3.04. The third-order valence-electron chi connectivity index (χ3n) is 4.29. The van der Waals surface area contributed by atoms with Gasteiger partial charge in [0.25, 0.3) is 10.0 Å². The summed E-state index contributed by atoms with van der Waals surface area (Å²) in [6.07, 6.45) is 1.49. The quantitative estimate of drug-likeness (QED) is 0.771. The maximum atomic E-state index is 12.9. The minimum Gasteiger partial charge on any atom is -0.340 e. The van der Waals surface area contributed by atoms with Crippen LogP contribution < -0.4 is 0 Å². The monoisotopic (exact) mass is 372 g/mol. The molecule has 1 aliphatic rings. The Labute approximate surface area is 149 Å². The van der Waals surface area contributed by atoms with Crippen LogP contribution >= 0.6 is 11.3 Å². The van der Waals surface area contributed by atoms with E-state index < -0.39 is 10.0 Å². The van der Waals surface area contributed by atoms with Gasteiger partial charge in [0.2, 0.25) is 5.91 Å². The van der Waals surface area contributed by atoms with Crippen LogP contribution in [0.1, 0.15) is 40.5 Å². The third-order valence-corrected chi connectivity index (χ3v) is 7.53. The summed E-state index contributed by atoms with van der Waals surface area (Å²) >= 11 is 1.23. The van der Waals surface area contributed by atoms with Gasteiger partial charge in [-0.05, 0) is 44.1 Å². The van der Waals surface area contributed by atoms with Gasteiger partial charge in [-0.2, -0.15) is 4.31 Å². The van der Waals surface area contributed by atoms with Crippen LogP contribution in [0.5, 0.6) is 0 Å². The highest BCUT2D eigenvalue weighted by molar-refractivity contribution is 7.91. The fourth-order valence-corrected chi connectivity index (χ4v) is 5.75. The molecule has 1 amide bonds. The molecule has 5 nitrogen and oxygen atoms in total. The summed E-state index contributed by atoms with van der Waals surface area (Å²) in [6.45, 7) is 9.72. The summed E-state index contributed by atoms with van der Waals surface area (Å²) < 4.78 is 27.3. The van der Waals surface area contributed by atoms with E-state index >= 15 is 0 Å². The number of piperidine rings is 1. The Morgan fingerprint density at radius 2 is 2.08 bits per heavy atom. The average molecular weight is 373 g/mol. The van der Waals surface area contributed by atoms with E-state index in [1.807, 2.05) is 18.7 Å². The van der Waals surface area contributed by atoms with Crippen molar-refractivity contribution in [3.05, 3.63) is 17.5 Å². The normalized spacial score (nSPS) is 19.8. The zero-order valence-electron chi connectivity index (χ0n) is 14.9. The molecule has 0 spiro atoms. The zero-order valence-corrected chi connectivity index (χ0v) is 16.6. The molecule has 0 aromatic carbocycles. The lowest BCUT2D eigenvalue weighted by Crippen LogP contribution is -2.49. The highest BCUT2D eigenvalue weighted by Crippen LogP contribution is 2.27. The lowest BCUT2D eigenvalue weighted by Gasteiger charge is -2.36. The minimum absolute atomic E-state index is 0.0878. The van der Waals surface area contributed by atoms with Crippen molar-refractivity contribution < 1.29 is 13.2 Å². The molecule has 2 rings (SSSR count). The van der Waals surface area contributed by atoms with Crippen molar-refractivity contribution in [2.24, 2.45) is 11.8 Å². The molecule has 1 saturated heterocycles. The van der Waals surface area contributed by atoms with Gasteiger partial charge in [-0.3, -0.25) is 4.79 Å². The van der Waals surface area contributed by atoms with Crippen LogP contribution in [-0.2, 0) is 14.8 Å². The molecule has 7 heteroatoms. The van der Waals surface area contributed by atoms with Crippen LogP contribution in [0.25, 0.3) is 0 Å². The predicted molar refractivity (Wildman–Crippen MR) is 97.5 cm³/mol. The second-order valence-corrected chi connectivity index (χ2v) is 10.2. The maximum absolute atomic E-state index is 12.9. The lowest BCUT2D eigenvalue weighted by atomic mass is 9.97. The fraction of sp³-hybridized carbons (Fsp3) is 0.706. The first-order chi connectivity index (χ1) is 11.2. The summed E-state index contributed by atoms with van der Waals surface area (Å²) in [5.74, 6) is 0.241. The van der Waals surface area contributed by atoms with E-state index in [1.165, 1.54) is 15.6 Å². The molecule has 1 atom stereocenters. The Kier molecular flexibility index (Phi) is 6.45. The summed E-state index contributed by atoms with van der Waals surface area (Å²) in [6, 6.07) is 3.50. The molecule has 2 heterocycles. The Morgan fingerprint density at radius 3 is 2.62 bits per heavy atom. The molecular weight excluding hydrogens is 344 g/mol. The number of carbonyl (C=O) groups is 1. The second kappa shape index (κ2) is 7.97. The van der Waals surface area contributed by atoms with E-state index in [-0.39, 0.29) is 17.9 Å². The molecule has 1 aromatic rings. The molecule has 1 aromatic heterocycles. The van der Waals surface area contributed by atoms with Gasteiger partial charge >= 0.3 is 0 Å². The van der Waals surface area contributed by atoms with E-state index in [0.717, 1.165) is 12.8 Å². The molecule has 0 saturated carbocycles. The number of nitrogens with zero attached hydrogens (tertiary/aromatic N) is 2. The highest BCUT2D eigenvalue weighted by atomic mass is 32.2. The van der Waals surface area contributed by atoms with Gasteiger partial charge in [0.1, 0.15) is 4.21 Å². The molecule has 0 radical (unpaired) electrons. The number of carbonyl (C=O) groups excluding carboxylic acids is 1. The van der Waals surface area contributed by atoms with Gasteiger partial charge in [-0.1, -0.05) is 19.9 Å². The van der Waals surface area contributed by atoms with Crippen LogP contribution in [0.3, 0.4) is 0 Å². The molecule has 1 fully saturated rings. The van der Waals surface area contributed by atoms with Crippen LogP contribution in [0.4, 0.5) is 0 Å². The topological polar surface area (TPSA) is 57.7 Å². The van der Waals surface area contributed by atoms with Gasteiger partial charge in [0.15, 0.2) is 0 Å². The Balaban J connectivity index is 2.13. The van der Waals surface area contributed by atoms with Crippen molar-refractivity contribution in [3.63, 3.8) is 0 Å². The zero-order chi connectivity index (χ0) is 17.9. The number of hydrogen-bond acceptors (Lipinski definition) is 4. The first-order valence-corrected chi connectivity index (χ1v) is 10.9. The number of rotatable bonds is 6. The number of amides is 1. The Morgan fingerprint density at radius 1 is 1.38 bits per heavy atom. The lowest BCUT2D eigenvalue weighted by molar-refractivity contribution is -0.139. The second-order valence-electron chi connectivity index (χ2n) is 7.11. The molecule has 1 aliphatic heterocycles. The summed E-state index contributed by atoms with van der Waals surface area (Å²) in [7, 11) is -3.47. The summed E-state index contributed by atoms with van der Waals surface area (Å²) in [5.41, 5.74) is 0. The van der Waals surface area contributed by atoms with Crippen molar-refractivity contribution in [2.45, 2.75) is 50.8 Å². The van der Waals surface area contributed by atoms with E-state index in [9.17, 15) is 13.2 Å². The molecule has 136 valence electrons. The molecule has 0 N–H and O–H groups in total. The first-order valence-electron chi connectivity index (χ1n) is 8.57.